The quantitative estimate of drug-likeness (QED) is 0.730. The van der Waals surface area contributed by atoms with E-state index in [1.807, 2.05) is 30.3 Å². The van der Waals surface area contributed by atoms with E-state index in [1.54, 1.807) is 24.5 Å². The fourth-order valence-electron chi connectivity index (χ4n) is 2.65. The molecule has 2 aromatic carbocycles. The molecule has 4 nitrogen and oxygen atoms in total. The van der Waals surface area contributed by atoms with Gasteiger partial charge in [0, 0.05) is 36.9 Å². The van der Waals surface area contributed by atoms with Gasteiger partial charge in [-0.3, -0.25) is 9.78 Å². The van der Waals surface area contributed by atoms with E-state index >= 15 is 0 Å². The van der Waals surface area contributed by atoms with Crippen LogP contribution in [0, 0.1) is 0 Å². The second-order valence-corrected chi connectivity index (χ2v) is 5.74. The minimum atomic E-state index is -0.155. The number of carbonyl (C=O) groups excluding carboxylic acids is 1. The number of anilines is 2. The van der Waals surface area contributed by atoms with Gasteiger partial charge in [0.2, 0.25) is 0 Å². The van der Waals surface area contributed by atoms with Gasteiger partial charge in [0.1, 0.15) is 0 Å². The molecule has 0 aliphatic heterocycles. The summed E-state index contributed by atoms with van der Waals surface area (Å²) in [7, 11) is 0. The average molecular weight is 331 g/mol. The van der Waals surface area contributed by atoms with Gasteiger partial charge in [-0.1, -0.05) is 30.3 Å². The molecule has 0 fully saturated rings. The van der Waals surface area contributed by atoms with Crippen LogP contribution in [-0.4, -0.2) is 17.4 Å². The van der Waals surface area contributed by atoms with Crippen molar-refractivity contribution in [1.29, 1.82) is 0 Å². The van der Waals surface area contributed by atoms with Crippen molar-refractivity contribution in [2.45, 2.75) is 13.5 Å². The second kappa shape index (κ2) is 8.11. The van der Waals surface area contributed by atoms with Crippen LogP contribution >= 0.6 is 0 Å². The normalized spacial score (nSPS) is 10.3. The molecule has 0 saturated heterocycles. The first-order valence-electron chi connectivity index (χ1n) is 8.36. The smallest absolute Gasteiger partial charge is 0.257 e. The van der Waals surface area contributed by atoms with E-state index in [-0.39, 0.29) is 5.91 Å². The molecule has 0 saturated carbocycles. The summed E-state index contributed by atoms with van der Waals surface area (Å²) in [5.74, 6) is -0.155. The maximum Gasteiger partial charge on any atom is 0.257 e. The highest BCUT2D eigenvalue weighted by Gasteiger charge is 2.08. The Morgan fingerprint density at radius 1 is 1.00 bits per heavy atom. The summed E-state index contributed by atoms with van der Waals surface area (Å²) >= 11 is 0. The number of nitrogens with one attached hydrogen (secondary N) is 1. The first-order valence-corrected chi connectivity index (χ1v) is 8.36. The topological polar surface area (TPSA) is 45.2 Å². The van der Waals surface area contributed by atoms with Gasteiger partial charge < -0.3 is 10.2 Å². The van der Waals surface area contributed by atoms with Crippen molar-refractivity contribution in [2.24, 2.45) is 0 Å². The van der Waals surface area contributed by atoms with Gasteiger partial charge in [0.25, 0.3) is 5.91 Å². The maximum absolute atomic E-state index is 12.2. The fourth-order valence-corrected chi connectivity index (χ4v) is 2.65. The summed E-state index contributed by atoms with van der Waals surface area (Å²) in [5.41, 5.74) is 3.73. The maximum atomic E-state index is 12.2. The lowest BCUT2D eigenvalue weighted by atomic mass is 10.2. The first kappa shape index (κ1) is 16.7. The molecule has 0 aliphatic rings. The van der Waals surface area contributed by atoms with Crippen molar-refractivity contribution in [3.05, 3.63) is 90.3 Å². The monoisotopic (exact) mass is 331 g/mol. The third kappa shape index (κ3) is 4.44. The van der Waals surface area contributed by atoms with Crippen molar-refractivity contribution in [2.75, 3.05) is 16.8 Å². The third-order valence-electron chi connectivity index (χ3n) is 4.01. The Bertz CT molecular complexity index is 802. The molecule has 0 unspecified atom stereocenters. The number of rotatable bonds is 6. The highest BCUT2D eigenvalue weighted by molar-refractivity contribution is 6.04. The van der Waals surface area contributed by atoms with Crippen molar-refractivity contribution in [3.63, 3.8) is 0 Å². The second-order valence-electron chi connectivity index (χ2n) is 5.74. The molecular weight excluding hydrogens is 310 g/mol. The van der Waals surface area contributed by atoms with Gasteiger partial charge in [0.05, 0.1) is 5.56 Å². The molecule has 1 N–H and O–H groups in total. The highest BCUT2D eigenvalue weighted by atomic mass is 16.1. The van der Waals surface area contributed by atoms with Crippen LogP contribution < -0.4 is 10.2 Å². The number of hydrogen-bond acceptors (Lipinski definition) is 3. The summed E-state index contributed by atoms with van der Waals surface area (Å²) in [6, 6.07) is 21.8. The Labute approximate surface area is 148 Å². The number of benzene rings is 2. The third-order valence-corrected chi connectivity index (χ3v) is 4.01. The number of hydrogen-bond donors (Lipinski definition) is 1. The lowest BCUT2D eigenvalue weighted by molar-refractivity contribution is 0.102. The van der Waals surface area contributed by atoms with Gasteiger partial charge in [-0.2, -0.15) is 0 Å². The van der Waals surface area contributed by atoms with E-state index in [9.17, 15) is 4.79 Å². The molecule has 126 valence electrons. The van der Waals surface area contributed by atoms with Crippen LogP contribution in [-0.2, 0) is 6.54 Å². The molecule has 25 heavy (non-hydrogen) atoms. The molecule has 1 heterocycles. The van der Waals surface area contributed by atoms with E-state index in [0.29, 0.717) is 5.56 Å². The zero-order chi connectivity index (χ0) is 17.5. The zero-order valence-electron chi connectivity index (χ0n) is 14.2. The van der Waals surface area contributed by atoms with Gasteiger partial charge >= 0.3 is 0 Å². The van der Waals surface area contributed by atoms with Gasteiger partial charge in [0.15, 0.2) is 0 Å². The Morgan fingerprint density at radius 2 is 1.76 bits per heavy atom. The molecule has 0 radical (unpaired) electrons. The first-order chi connectivity index (χ1) is 12.3. The standard InChI is InChI=1S/C21H21N3O/c1-2-24(16-17-7-4-3-5-8-17)20-12-10-19(11-13-20)23-21(25)18-9-6-14-22-15-18/h3-15H,2,16H2,1H3,(H,23,25). The van der Waals surface area contributed by atoms with Crippen LogP contribution in [0.3, 0.4) is 0 Å². The number of carbonyl (C=O) groups is 1. The number of pyridine rings is 1. The van der Waals surface area contributed by atoms with Gasteiger partial charge in [-0.05, 0) is 48.9 Å². The van der Waals surface area contributed by atoms with E-state index < -0.39 is 0 Å². The molecule has 0 atom stereocenters. The Hall–Kier alpha value is -3.14. The minimum Gasteiger partial charge on any atom is -0.367 e. The largest absolute Gasteiger partial charge is 0.367 e. The number of aromatic nitrogens is 1. The van der Waals surface area contributed by atoms with Crippen LogP contribution in [0.15, 0.2) is 79.1 Å². The Kier molecular flexibility index (Phi) is 5.42. The Balaban J connectivity index is 1.67. The van der Waals surface area contributed by atoms with Crippen molar-refractivity contribution in [1.82, 2.24) is 4.98 Å². The summed E-state index contributed by atoms with van der Waals surface area (Å²) < 4.78 is 0. The lowest BCUT2D eigenvalue weighted by Crippen LogP contribution is -2.21. The molecule has 3 rings (SSSR count). The van der Waals surface area contributed by atoms with E-state index in [4.69, 9.17) is 0 Å². The predicted molar refractivity (Wildman–Crippen MR) is 102 cm³/mol. The lowest BCUT2D eigenvalue weighted by Gasteiger charge is -2.23. The van der Waals surface area contributed by atoms with Crippen molar-refractivity contribution >= 4 is 17.3 Å². The summed E-state index contributed by atoms with van der Waals surface area (Å²) in [4.78, 5) is 18.4. The molecule has 3 aromatic rings. The minimum absolute atomic E-state index is 0.155. The molecule has 1 aromatic heterocycles. The van der Waals surface area contributed by atoms with Crippen LogP contribution in [0.4, 0.5) is 11.4 Å². The van der Waals surface area contributed by atoms with Crippen LogP contribution in [0.25, 0.3) is 0 Å². The van der Waals surface area contributed by atoms with Crippen LogP contribution in [0.2, 0.25) is 0 Å². The summed E-state index contributed by atoms with van der Waals surface area (Å²) in [6.45, 7) is 3.91. The zero-order valence-corrected chi connectivity index (χ0v) is 14.2. The Morgan fingerprint density at radius 3 is 2.40 bits per heavy atom. The molecule has 4 heteroatoms. The SMILES string of the molecule is CCN(Cc1ccccc1)c1ccc(NC(=O)c2cccnc2)cc1. The molecule has 1 amide bonds. The number of nitrogens with zero attached hydrogens (tertiary/aromatic N) is 2. The van der Waals surface area contributed by atoms with Gasteiger partial charge in [-0.15, -0.1) is 0 Å². The van der Waals surface area contributed by atoms with Crippen molar-refractivity contribution < 1.29 is 4.79 Å². The highest BCUT2D eigenvalue weighted by Crippen LogP contribution is 2.20. The summed E-state index contributed by atoms with van der Waals surface area (Å²) in [6.07, 6.45) is 3.21. The van der Waals surface area contributed by atoms with Crippen molar-refractivity contribution in [3.8, 4) is 0 Å². The van der Waals surface area contributed by atoms with Gasteiger partial charge in [-0.25, -0.2) is 0 Å². The predicted octanol–water partition coefficient (Wildman–Crippen LogP) is 4.36. The van der Waals surface area contributed by atoms with Crippen LogP contribution in [0.1, 0.15) is 22.8 Å². The van der Waals surface area contributed by atoms with Crippen LogP contribution in [0.5, 0.6) is 0 Å². The summed E-state index contributed by atoms with van der Waals surface area (Å²) in [5, 5.41) is 2.89. The molecular formula is C21H21N3O. The van der Waals surface area contributed by atoms with E-state index in [0.717, 1.165) is 24.5 Å². The fraction of sp³-hybridized carbons (Fsp3) is 0.143. The average Bonchev–Trinajstić information content (AvgIpc) is 2.68. The molecule has 0 aliphatic carbocycles. The molecule has 0 spiro atoms. The molecule has 0 bridgehead atoms. The van der Waals surface area contributed by atoms with E-state index in [2.05, 4.69) is 46.4 Å². The number of amides is 1. The van der Waals surface area contributed by atoms with E-state index in [1.165, 1.54) is 5.56 Å².